The van der Waals surface area contributed by atoms with E-state index in [-0.39, 0.29) is 18.5 Å². The molecule has 0 aliphatic heterocycles. The van der Waals surface area contributed by atoms with Crippen LogP contribution in [-0.4, -0.2) is 17.7 Å². The molecule has 3 rings (SSSR count). The number of para-hydroxylation sites is 1. The summed E-state index contributed by atoms with van der Waals surface area (Å²) in [7, 11) is 0. The van der Waals surface area contributed by atoms with Gasteiger partial charge in [-0.3, -0.25) is 4.98 Å². The molecule has 1 aliphatic carbocycles. The topological polar surface area (TPSA) is 24.9 Å². The molecule has 0 spiro atoms. The van der Waals surface area contributed by atoms with E-state index in [1.54, 1.807) is 25.1 Å². The molecule has 1 saturated carbocycles. The zero-order valence-corrected chi connectivity index (χ0v) is 14.5. The van der Waals surface area contributed by atoms with Gasteiger partial charge in [0.05, 0.1) is 18.3 Å². The summed E-state index contributed by atoms with van der Waals surface area (Å²) in [6.07, 6.45) is -1.48. The Balaban J connectivity index is 1.73. The number of alkyl halides is 3. The summed E-state index contributed by atoms with van der Waals surface area (Å²) in [6, 6.07) is 6.30. The molecule has 0 saturated heterocycles. The maximum atomic E-state index is 13.7. The molecule has 1 heterocycles. The molecule has 6 heteroatoms. The molecule has 138 valence electrons. The highest BCUT2D eigenvalue weighted by Gasteiger charge is 2.39. The van der Waals surface area contributed by atoms with Crippen molar-refractivity contribution in [1.82, 2.24) is 4.98 Å². The fourth-order valence-electron chi connectivity index (χ4n) is 2.84. The van der Waals surface area contributed by atoms with Gasteiger partial charge in [0.1, 0.15) is 11.3 Å². The van der Waals surface area contributed by atoms with Gasteiger partial charge in [0.2, 0.25) is 0 Å². The zero-order valence-electron chi connectivity index (χ0n) is 14.5. The lowest BCUT2D eigenvalue weighted by molar-refractivity contribution is -0.154. The summed E-state index contributed by atoms with van der Waals surface area (Å²) in [6.45, 7) is 1.69. The highest BCUT2D eigenvalue weighted by Crippen LogP contribution is 2.36. The summed E-state index contributed by atoms with van der Waals surface area (Å²) in [5, 5.41) is 3.62. The molecular formula is C20H20F4N2. The van der Waals surface area contributed by atoms with E-state index in [0.717, 1.165) is 12.8 Å². The second kappa shape index (κ2) is 7.14. The average Bonchev–Trinajstić information content (AvgIpc) is 3.36. The van der Waals surface area contributed by atoms with Gasteiger partial charge in [0.25, 0.3) is 0 Å². The predicted molar refractivity (Wildman–Crippen MR) is 94.1 cm³/mol. The van der Waals surface area contributed by atoms with Gasteiger partial charge in [-0.25, -0.2) is 4.39 Å². The maximum Gasteiger partial charge on any atom is 0.389 e. The lowest BCUT2D eigenvalue weighted by atomic mass is 9.83. The molecule has 0 amide bonds. The lowest BCUT2D eigenvalue weighted by Gasteiger charge is -2.29. The van der Waals surface area contributed by atoms with E-state index in [0.29, 0.717) is 17.0 Å². The quantitative estimate of drug-likeness (QED) is 0.556. The van der Waals surface area contributed by atoms with Crippen LogP contribution in [0.2, 0.25) is 0 Å². The summed E-state index contributed by atoms with van der Waals surface area (Å²) >= 11 is 0. The molecule has 2 nitrogen and oxygen atoms in total. The number of hydrogen-bond acceptors (Lipinski definition) is 2. The van der Waals surface area contributed by atoms with Crippen LogP contribution >= 0.6 is 0 Å². The molecule has 1 aromatic heterocycles. The Morgan fingerprint density at radius 1 is 1.27 bits per heavy atom. The SMILES string of the molecule is CC(CC#CC1CC1)(CNc1cnc2c(F)cccc2c1)CC(F)(F)F. The van der Waals surface area contributed by atoms with Crippen molar-refractivity contribution >= 4 is 16.6 Å². The third kappa shape index (κ3) is 5.10. The van der Waals surface area contributed by atoms with E-state index in [9.17, 15) is 17.6 Å². The third-order valence-electron chi connectivity index (χ3n) is 4.41. The van der Waals surface area contributed by atoms with Crippen LogP contribution in [0, 0.1) is 29.0 Å². The van der Waals surface area contributed by atoms with Gasteiger partial charge in [-0.15, -0.1) is 5.92 Å². The van der Waals surface area contributed by atoms with Crippen molar-refractivity contribution in [2.24, 2.45) is 11.3 Å². The Hall–Kier alpha value is -2.29. The van der Waals surface area contributed by atoms with Crippen LogP contribution in [0.15, 0.2) is 30.5 Å². The monoisotopic (exact) mass is 364 g/mol. The number of nitrogens with one attached hydrogen (secondary N) is 1. The third-order valence-corrected chi connectivity index (χ3v) is 4.41. The first-order valence-corrected chi connectivity index (χ1v) is 8.57. The van der Waals surface area contributed by atoms with Gasteiger partial charge >= 0.3 is 6.18 Å². The molecule has 0 radical (unpaired) electrons. The van der Waals surface area contributed by atoms with Crippen LogP contribution in [0.1, 0.15) is 32.6 Å². The second-order valence-corrected chi connectivity index (χ2v) is 7.26. The number of fused-ring (bicyclic) bond motifs is 1. The molecule has 1 N–H and O–H groups in total. The van der Waals surface area contributed by atoms with E-state index in [1.807, 2.05) is 0 Å². The summed E-state index contributed by atoms with van der Waals surface area (Å²) in [4.78, 5) is 4.06. The van der Waals surface area contributed by atoms with Gasteiger partial charge < -0.3 is 5.32 Å². The molecule has 1 fully saturated rings. The van der Waals surface area contributed by atoms with E-state index in [2.05, 4.69) is 22.1 Å². The Morgan fingerprint density at radius 3 is 2.73 bits per heavy atom. The lowest BCUT2D eigenvalue weighted by Crippen LogP contribution is -2.32. The number of benzene rings is 1. The first-order valence-electron chi connectivity index (χ1n) is 8.57. The largest absolute Gasteiger partial charge is 0.389 e. The normalized spacial score (nSPS) is 16.7. The van der Waals surface area contributed by atoms with Gasteiger partial charge in [-0.2, -0.15) is 13.2 Å². The van der Waals surface area contributed by atoms with Gasteiger partial charge in [-0.1, -0.05) is 25.0 Å². The van der Waals surface area contributed by atoms with Gasteiger partial charge in [0, 0.05) is 29.7 Å². The van der Waals surface area contributed by atoms with E-state index in [1.165, 1.54) is 12.3 Å². The second-order valence-electron chi connectivity index (χ2n) is 7.26. The fraction of sp³-hybridized carbons (Fsp3) is 0.450. The van der Waals surface area contributed by atoms with Crippen LogP contribution in [0.25, 0.3) is 10.9 Å². The number of rotatable bonds is 5. The molecular weight excluding hydrogens is 344 g/mol. The number of anilines is 1. The Labute approximate surface area is 150 Å². The average molecular weight is 364 g/mol. The molecule has 1 aliphatic rings. The van der Waals surface area contributed by atoms with Crippen LogP contribution in [-0.2, 0) is 0 Å². The van der Waals surface area contributed by atoms with Crippen molar-refractivity contribution in [3.8, 4) is 11.8 Å². The van der Waals surface area contributed by atoms with Crippen LogP contribution in [0.4, 0.5) is 23.2 Å². The first-order chi connectivity index (χ1) is 12.2. The Morgan fingerprint density at radius 2 is 2.04 bits per heavy atom. The summed E-state index contributed by atoms with van der Waals surface area (Å²) in [5.41, 5.74) is -0.241. The zero-order chi connectivity index (χ0) is 18.8. The van der Waals surface area contributed by atoms with E-state index in [4.69, 9.17) is 0 Å². The van der Waals surface area contributed by atoms with Crippen molar-refractivity contribution < 1.29 is 17.6 Å². The fourth-order valence-corrected chi connectivity index (χ4v) is 2.84. The Kier molecular flexibility index (Phi) is 5.08. The van der Waals surface area contributed by atoms with Crippen LogP contribution in [0.5, 0.6) is 0 Å². The molecule has 2 aromatic rings. The van der Waals surface area contributed by atoms with Crippen LogP contribution < -0.4 is 5.32 Å². The number of hydrogen-bond donors (Lipinski definition) is 1. The summed E-state index contributed by atoms with van der Waals surface area (Å²) < 4.78 is 52.7. The summed E-state index contributed by atoms with van der Waals surface area (Å²) in [5.74, 6) is 5.89. The van der Waals surface area contributed by atoms with Crippen LogP contribution in [0.3, 0.4) is 0 Å². The van der Waals surface area contributed by atoms with Gasteiger partial charge in [0.15, 0.2) is 0 Å². The van der Waals surface area contributed by atoms with Crippen molar-refractivity contribution in [3.63, 3.8) is 0 Å². The minimum Gasteiger partial charge on any atom is -0.383 e. The van der Waals surface area contributed by atoms with Crippen molar-refractivity contribution in [1.29, 1.82) is 0 Å². The molecule has 1 aromatic carbocycles. The van der Waals surface area contributed by atoms with Crippen molar-refractivity contribution in [2.75, 3.05) is 11.9 Å². The standard InChI is InChI=1S/C20H20F4N2/c1-19(12-20(22,23)24,9-3-4-14-7-8-14)13-26-16-10-15-5-2-6-17(21)18(15)25-11-16/h2,5-6,10-11,14,26H,7-9,12-13H2,1H3. The molecule has 1 unspecified atom stereocenters. The number of halogens is 4. The minimum absolute atomic E-state index is 0.106. The van der Waals surface area contributed by atoms with Crippen molar-refractivity contribution in [3.05, 3.63) is 36.3 Å². The number of aromatic nitrogens is 1. The van der Waals surface area contributed by atoms with E-state index < -0.39 is 23.8 Å². The molecule has 26 heavy (non-hydrogen) atoms. The first kappa shape index (κ1) is 18.5. The number of pyridine rings is 1. The van der Waals surface area contributed by atoms with Crippen molar-refractivity contribution in [2.45, 2.75) is 38.8 Å². The number of nitrogens with zero attached hydrogens (tertiary/aromatic N) is 1. The predicted octanol–water partition coefficient (Wildman–Crippen LogP) is 5.55. The van der Waals surface area contributed by atoms with Gasteiger partial charge in [-0.05, 0) is 25.0 Å². The Bertz CT molecular complexity index is 846. The highest BCUT2D eigenvalue weighted by molar-refractivity contribution is 5.82. The minimum atomic E-state index is -4.26. The maximum absolute atomic E-state index is 13.7. The molecule has 1 atom stereocenters. The molecule has 0 bridgehead atoms. The smallest absolute Gasteiger partial charge is 0.383 e. The highest BCUT2D eigenvalue weighted by atomic mass is 19.4. The van der Waals surface area contributed by atoms with E-state index >= 15 is 0 Å².